The van der Waals surface area contributed by atoms with E-state index in [9.17, 15) is 9.50 Å². The van der Waals surface area contributed by atoms with Crippen LogP contribution in [0.15, 0.2) is 24.3 Å². The standard InChI is InChI=1S/C12H18IN3O2.C9H10FIN2O.C3H9NO.2H2S/c1-9(17)8-14-11-6-10(13)7-12(15-11)16-2-4-18-5-3-16;10-8-5-7(11)6-9(12-8)13-1-3-14-4-2-13;1-3(5)2-4;;/h6-7,9,17H,2-5,8H2,1H3,(H,14,15);5-6H,1-4H2;3,5H,2,4H2,1H3;2*1H2/t9-;;3-;;/m0.0../s1. The molecule has 15 heteroatoms. The van der Waals surface area contributed by atoms with Gasteiger partial charge in [0.1, 0.15) is 17.5 Å². The maximum absolute atomic E-state index is 13.0. The first-order valence-corrected chi connectivity index (χ1v) is 14.3. The number of nitrogens with one attached hydrogen (secondary N) is 1. The van der Waals surface area contributed by atoms with Gasteiger partial charge in [-0.15, -0.1) is 0 Å². The van der Waals surface area contributed by atoms with Crippen molar-refractivity contribution in [2.45, 2.75) is 26.1 Å². The first-order chi connectivity index (χ1) is 17.7. The molecular weight excluding hydrogens is 773 g/mol. The topological polar surface area (TPSA) is 129 Å². The van der Waals surface area contributed by atoms with Gasteiger partial charge in [-0.3, -0.25) is 0 Å². The number of nitrogens with two attached hydrogens (primary N) is 1. The molecule has 2 fully saturated rings. The molecule has 0 saturated carbocycles. The van der Waals surface area contributed by atoms with Crippen LogP contribution in [0.5, 0.6) is 0 Å². The minimum absolute atomic E-state index is 0. The van der Waals surface area contributed by atoms with Gasteiger partial charge in [-0.25, -0.2) is 9.97 Å². The number of halogens is 3. The highest BCUT2D eigenvalue weighted by molar-refractivity contribution is 14.1. The Morgan fingerprint density at radius 3 is 1.72 bits per heavy atom. The van der Waals surface area contributed by atoms with Crippen molar-refractivity contribution in [2.75, 3.05) is 80.8 Å². The highest BCUT2D eigenvalue weighted by Crippen LogP contribution is 2.20. The molecule has 2 saturated heterocycles. The average molecular weight is 815 g/mol. The van der Waals surface area contributed by atoms with Crippen LogP contribution in [0.25, 0.3) is 0 Å². The van der Waals surface area contributed by atoms with Crippen molar-refractivity contribution in [2.24, 2.45) is 5.73 Å². The molecule has 10 nitrogen and oxygen atoms in total. The molecule has 2 aromatic heterocycles. The first kappa shape index (κ1) is 38.6. The Labute approximate surface area is 271 Å². The molecule has 2 atom stereocenters. The Morgan fingerprint density at radius 1 is 0.872 bits per heavy atom. The van der Waals surface area contributed by atoms with Crippen molar-refractivity contribution in [3.8, 4) is 0 Å². The van der Waals surface area contributed by atoms with Crippen molar-refractivity contribution in [1.82, 2.24) is 9.97 Å². The van der Waals surface area contributed by atoms with E-state index in [1.54, 1.807) is 13.8 Å². The molecule has 4 heterocycles. The monoisotopic (exact) mass is 814 g/mol. The molecule has 2 aromatic rings. The Hall–Kier alpha value is -0.410. The third kappa shape index (κ3) is 16.0. The number of hydrogen-bond donors (Lipinski definition) is 4. The van der Waals surface area contributed by atoms with Crippen LogP contribution in [0, 0.1) is 13.1 Å². The highest BCUT2D eigenvalue weighted by atomic mass is 127. The summed E-state index contributed by atoms with van der Waals surface area (Å²) < 4.78 is 25.6. The van der Waals surface area contributed by atoms with Gasteiger partial charge in [-0.05, 0) is 77.2 Å². The number of rotatable bonds is 6. The number of anilines is 3. The number of nitrogens with zero attached hydrogens (tertiary/aromatic N) is 4. The van der Waals surface area contributed by atoms with Crippen LogP contribution in [0.4, 0.5) is 21.8 Å². The van der Waals surface area contributed by atoms with Crippen molar-refractivity contribution in [1.29, 1.82) is 0 Å². The largest absolute Gasteiger partial charge is 0.392 e. The van der Waals surface area contributed by atoms with Gasteiger partial charge >= 0.3 is 0 Å². The zero-order chi connectivity index (χ0) is 27.2. The number of aliphatic hydroxyl groups excluding tert-OH is 2. The summed E-state index contributed by atoms with van der Waals surface area (Å²) in [6.07, 6.45) is -0.716. The van der Waals surface area contributed by atoms with Crippen LogP contribution in [0.2, 0.25) is 0 Å². The number of morpholine rings is 2. The third-order valence-electron chi connectivity index (χ3n) is 5.11. The lowest BCUT2D eigenvalue weighted by Gasteiger charge is -2.28. The van der Waals surface area contributed by atoms with Crippen LogP contribution >= 0.6 is 72.2 Å². The van der Waals surface area contributed by atoms with E-state index in [0.29, 0.717) is 32.1 Å². The third-order valence-corrected chi connectivity index (χ3v) is 6.36. The summed E-state index contributed by atoms with van der Waals surface area (Å²) in [5.41, 5.74) is 4.92. The maximum Gasteiger partial charge on any atom is 0.215 e. The number of aliphatic hydroxyl groups is 2. The number of aromatic nitrogens is 2. The molecule has 39 heavy (non-hydrogen) atoms. The van der Waals surface area contributed by atoms with E-state index in [1.165, 1.54) is 6.07 Å². The van der Waals surface area contributed by atoms with Crippen molar-refractivity contribution >= 4 is 89.6 Å². The molecule has 0 unspecified atom stereocenters. The van der Waals surface area contributed by atoms with E-state index in [4.69, 9.17) is 20.3 Å². The highest BCUT2D eigenvalue weighted by Gasteiger charge is 2.14. The summed E-state index contributed by atoms with van der Waals surface area (Å²) in [4.78, 5) is 12.7. The summed E-state index contributed by atoms with van der Waals surface area (Å²) in [5, 5.41) is 20.7. The fourth-order valence-electron chi connectivity index (χ4n) is 3.19. The molecule has 4 rings (SSSR count). The minimum Gasteiger partial charge on any atom is -0.392 e. The van der Waals surface area contributed by atoms with Crippen LogP contribution in [0.3, 0.4) is 0 Å². The SMILES string of the molecule is C[C@H](O)CN.C[C@H](O)CNc1cc(I)cc(N2CCOCC2)n1.Fc1cc(I)cc(N2CCOCC2)n1.S.S. The number of ether oxygens (including phenoxy) is 2. The van der Waals surface area contributed by atoms with Gasteiger partial charge < -0.3 is 40.5 Å². The predicted octanol–water partition coefficient (Wildman–Crippen LogP) is 2.53. The van der Waals surface area contributed by atoms with Crippen LogP contribution < -0.4 is 20.9 Å². The van der Waals surface area contributed by atoms with Gasteiger partial charge in [0.15, 0.2) is 0 Å². The zero-order valence-corrected chi connectivity index (χ0v) is 28.6. The summed E-state index contributed by atoms with van der Waals surface area (Å²) in [6.45, 7) is 10.5. The van der Waals surface area contributed by atoms with Gasteiger partial charge in [-0.1, -0.05) is 0 Å². The summed E-state index contributed by atoms with van der Waals surface area (Å²) >= 11 is 4.37. The molecule has 224 valence electrons. The van der Waals surface area contributed by atoms with E-state index >= 15 is 0 Å². The second kappa shape index (κ2) is 21.3. The van der Waals surface area contributed by atoms with Crippen molar-refractivity contribution in [3.05, 3.63) is 37.4 Å². The van der Waals surface area contributed by atoms with Gasteiger partial charge in [0.2, 0.25) is 5.95 Å². The molecular formula is C24H41FI2N6O4S2. The molecule has 0 amide bonds. The Bertz CT molecular complexity index is 923. The average Bonchev–Trinajstić information content (AvgIpc) is 2.88. The molecule has 5 N–H and O–H groups in total. The van der Waals surface area contributed by atoms with Crippen molar-refractivity contribution in [3.63, 3.8) is 0 Å². The fourth-order valence-corrected chi connectivity index (χ4v) is 4.30. The quantitative estimate of drug-likeness (QED) is 0.256. The van der Waals surface area contributed by atoms with E-state index < -0.39 is 5.95 Å². The Morgan fingerprint density at radius 2 is 1.31 bits per heavy atom. The van der Waals surface area contributed by atoms with Crippen molar-refractivity contribution < 1.29 is 24.1 Å². The fraction of sp³-hybridized carbons (Fsp3) is 0.583. The Kier molecular flexibility index (Phi) is 21.1. The van der Waals surface area contributed by atoms with E-state index in [2.05, 4.69) is 71.4 Å². The molecule has 2 aliphatic rings. The smallest absolute Gasteiger partial charge is 0.215 e. The summed E-state index contributed by atoms with van der Waals surface area (Å²) in [7, 11) is 0. The second-order valence-corrected chi connectivity index (χ2v) is 11.0. The molecule has 0 aromatic carbocycles. The lowest BCUT2D eigenvalue weighted by Crippen LogP contribution is -2.36. The van der Waals surface area contributed by atoms with Gasteiger partial charge in [0, 0.05) is 52.5 Å². The van der Waals surface area contributed by atoms with Gasteiger partial charge in [0.25, 0.3) is 0 Å². The number of hydrogen-bond acceptors (Lipinski definition) is 10. The summed E-state index contributed by atoms with van der Waals surface area (Å²) in [5.74, 6) is 2.07. The maximum atomic E-state index is 13.0. The van der Waals surface area contributed by atoms with E-state index in [1.807, 2.05) is 17.0 Å². The van der Waals surface area contributed by atoms with Gasteiger partial charge in [-0.2, -0.15) is 31.4 Å². The minimum atomic E-state index is -0.418. The number of pyridine rings is 2. The normalized spacial score (nSPS) is 16.2. The first-order valence-electron chi connectivity index (χ1n) is 12.1. The van der Waals surface area contributed by atoms with E-state index in [-0.39, 0.29) is 39.2 Å². The van der Waals surface area contributed by atoms with Crippen LogP contribution in [-0.4, -0.2) is 98.1 Å². The summed E-state index contributed by atoms with van der Waals surface area (Å²) in [6, 6.07) is 7.35. The molecule has 0 bridgehead atoms. The predicted molar refractivity (Wildman–Crippen MR) is 182 cm³/mol. The van der Waals surface area contributed by atoms with E-state index in [0.717, 1.165) is 58.2 Å². The lowest BCUT2D eigenvalue weighted by molar-refractivity contribution is 0.122. The molecule has 2 aliphatic heterocycles. The molecule has 0 spiro atoms. The zero-order valence-electron chi connectivity index (χ0n) is 22.2. The lowest BCUT2D eigenvalue weighted by atomic mass is 10.3. The second-order valence-electron chi connectivity index (χ2n) is 8.51. The molecule has 0 radical (unpaired) electrons. The van der Waals surface area contributed by atoms with Crippen LogP contribution in [-0.2, 0) is 9.47 Å². The molecule has 0 aliphatic carbocycles. The van der Waals surface area contributed by atoms with Crippen LogP contribution in [0.1, 0.15) is 13.8 Å². The Balaban J connectivity index is 0.000000617. The van der Waals surface area contributed by atoms with Gasteiger partial charge in [0.05, 0.1) is 38.6 Å².